The zero-order valence-corrected chi connectivity index (χ0v) is 14.5. The maximum atomic E-state index is 12.0. The second-order valence-electron chi connectivity index (χ2n) is 5.66. The molecule has 5 heteroatoms. The summed E-state index contributed by atoms with van der Waals surface area (Å²) in [5.74, 6) is 0.714. The lowest BCUT2D eigenvalue weighted by Crippen LogP contribution is -2.03. The Morgan fingerprint density at radius 3 is 2.59 bits per heavy atom. The van der Waals surface area contributed by atoms with Gasteiger partial charge in [0.15, 0.2) is 0 Å². The minimum absolute atomic E-state index is 0.315. The molecule has 1 aromatic carbocycles. The van der Waals surface area contributed by atoms with Crippen molar-refractivity contribution in [2.75, 3.05) is 20.3 Å². The number of hydrogen-bond acceptors (Lipinski definition) is 4. The van der Waals surface area contributed by atoms with Crippen LogP contribution in [0.4, 0.5) is 0 Å². The molecule has 1 saturated carbocycles. The van der Waals surface area contributed by atoms with Crippen LogP contribution in [0.5, 0.6) is 0 Å². The Morgan fingerprint density at radius 1 is 1.18 bits per heavy atom. The van der Waals surface area contributed by atoms with E-state index in [0.29, 0.717) is 19.1 Å². The highest BCUT2D eigenvalue weighted by atomic mass is 31.2. The molecule has 124 valence electrons. The van der Waals surface area contributed by atoms with E-state index in [1.165, 1.54) is 43.9 Å². The fraction of sp³-hybridized carbons (Fsp3) is 0.647. The van der Waals surface area contributed by atoms with Crippen molar-refractivity contribution in [2.45, 2.75) is 51.4 Å². The molecule has 0 saturated heterocycles. The Bertz CT molecular complexity index is 497. The lowest BCUT2D eigenvalue weighted by Gasteiger charge is -2.17. The van der Waals surface area contributed by atoms with Crippen LogP contribution in [-0.2, 0) is 24.6 Å². The van der Waals surface area contributed by atoms with E-state index in [1.54, 1.807) is 6.92 Å². The van der Waals surface area contributed by atoms with Gasteiger partial charge in [0, 0.05) is 7.11 Å². The summed E-state index contributed by atoms with van der Waals surface area (Å²) in [5, 5.41) is 0. The van der Waals surface area contributed by atoms with Crippen molar-refractivity contribution in [1.29, 1.82) is 0 Å². The van der Waals surface area contributed by atoms with Gasteiger partial charge in [-0.3, -0.25) is 13.6 Å². The van der Waals surface area contributed by atoms with Crippen molar-refractivity contribution in [3.63, 3.8) is 0 Å². The molecule has 0 aromatic heterocycles. The molecular formula is C17H27O4P. The predicted octanol–water partition coefficient (Wildman–Crippen LogP) is 5.08. The van der Waals surface area contributed by atoms with Gasteiger partial charge in [-0.05, 0) is 49.7 Å². The zero-order valence-electron chi connectivity index (χ0n) is 13.6. The Labute approximate surface area is 133 Å². The van der Waals surface area contributed by atoms with Crippen LogP contribution in [-0.4, -0.2) is 20.3 Å². The van der Waals surface area contributed by atoms with Crippen LogP contribution in [0.25, 0.3) is 0 Å². The highest BCUT2D eigenvalue weighted by molar-refractivity contribution is 7.48. The highest BCUT2D eigenvalue weighted by Crippen LogP contribution is 2.48. The second kappa shape index (κ2) is 8.83. The minimum Gasteiger partial charge on any atom is -0.290 e. The van der Waals surface area contributed by atoms with Crippen LogP contribution in [0, 0.1) is 0 Å². The van der Waals surface area contributed by atoms with Gasteiger partial charge in [0.25, 0.3) is 0 Å². The van der Waals surface area contributed by atoms with Crippen molar-refractivity contribution >= 4 is 7.82 Å². The van der Waals surface area contributed by atoms with Crippen molar-refractivity contribution in [3.8, 4) is 0 Å². The third-order valence-electron chi connectivity index (χ3n) is 4.20. The van der Waals surface area contributed by atoms with E-state index in [1.807, 2.05) is 0 Å². The first-order chi connectivity index (χ1) is 10.7. The van der Waals surface area contributed by atoms with E-state index in [4.69, 9.17) is 13.6 Å². The van der Waals surface area contributed by atoms with E-state index in [-0.39, 0.29) is 0 Å². The van der Waals surface area contributed by atoms with Crippen LogP contribution in [0.3, 0.4) is 0 Å². The quantitative estimate of drug-likeness (QED) is 0.469. The molecule has 22 heavy (non-hydrogen) atoms. The Kier molecular flexibility index (Phi) is 7.10. The molecule has 2 rings (SSSR count). The first-order valence-electron chi connectivity index (χ1n) is 8.21. The van der Waals surface area contributed by atoms with Crippen LogP contribution in [0.1, 0.15) is 56.1 Å². The molecule has 4 nitrogen and oxygen atoms in total. The Hall–Kier alpha value is -0.670. The van der Waals surface area contributed by atoms with Crippen LogP contribution < -0.4 is 0 Å². The van der Waals surface area contributed by atoms with Gasteiger partial charge < -0.3 is 0 Å². The number of phosphoric acid groups is 1. The average Bonchev–Trinajstić information content (AvgIpc) is 3.06. The van der Waals surface area contributed by atoms with E-state index >= 15 is 0 Å². The summed E-state index contributed by atoms with van der Waals surface area (Å²) >= 11 is 0. The summed E-state index contributed by atoms with van der Waals surface area (Å²) in [4.78, 5) is 0. The third-order valence-corrected chi connectivity index (χ3v) is 5.72. The molecular weight excluding hydrogens is 299 g/mol. The summed E-state index contributed by atoms with van der Waals surface area (Å²) < 4.78 is 27.2. The fourth-order valence-corrected chi connectivity index (χ4v) is 4.09. The topological polar surface area (TPSA) is 44.8 Å². The van der Waals surface area contributed by atoms with Gasteiger partial charge in [0.1, 0.15) is 0 Å². The smallest absolute Gasteiger partial charge is 0.290 e. The summed E-state index contributed by atoms with van der Waals surface area (Å²) in [6.07, 6.45) is 7.03. The molecule has 1 aromatic rings. The molecule has 0 heterocycles. The van der Waals surface area contributed by atoms with Crippen molar-refractivity contribution in [1.82, 2.24) is 0 Å². The van der Waals surface area contributed by atoms with Crippen molar-refractivity contribution < 1.29 is 18.1 Å². The fourth-order valence-electron chi connectivity index (χ4n) is 3.14. The third kappa shape index (κ3) is 4.92. The molecule has 0 N–H and O–H groups in total. The summed E-state index contributed by atoms with van der Waals surface area (Å²) in [5.41, 5.74) is 2.88. The summed E-state index contributed by atoms with van der Waals surface area (Å²) in [6.45, 7) is 2.46. The van der Waals surface area contributed by atoms with E-state index in [9.17, 15) is 4.57 Å². The van der Waals surface area contributed by atoms with Crippen molar-refractivity contribution in [2.24, 2.45) is 0 Å². The molecule has 0 bridgehead atoms. The monoisotopic (exact) mass is 326 g/mol. The second-order valence-corrected chi connectivity index (χ2v) is 7.44. The summed E-state index contributed by atoms with van der Waals surface area (Å²) in [6, 6.07) is 8.68. The molecule has 1 atom stereocenters. The number of rotatable bonds is 9. The number of aryl methyl sites for hydroxylation is 1. The molecule has 0 amide bonds. The largest absolute Gasteiger partial charge is 0.474 e. The maximum absolute atomic E-state index is 12.0. The van der Waals surface area contributed by atoms with Gasteiger partial charge in [-0.15, -0.1) is 0 Å². The first kappa shape index (κ1) is 17.7. The van der Waals surface area contributed by atoms with Crippen LogP contribution in [0.2, 0.25) is 0 Å². The van der Waals surface area contributed by atoms with Gasteiger partial charge in [-0.2, -0.15) is 0 Å². The van der Waals surface area contributed by atoms with Gasteiger partial charge >= 0.3 is 7.82 Å². The molecule has 0 radical (unpaired) electrons. The molecule has 0 aliphatic heterocycles. The Morgan fingerprint density at radius 2 is 1.91 bits per heavy atom. The normalized spacial score (nSPS) is 18.5. The first-order valence-corrected chi connectivity index (χ1v) is 9.67. The molecule has 1 unspecified atom stereocenters. The maximum Gasteiger partial charge on any atom is 0.474 e. The lowest BCUT2D eigenvalue weighted by molar-refractivity contribution is 0.135. The number of phosphoric ester groups is 1. The van der Waals surface area contributed by atoms with E-state index in [0.717, 1.165) is 12.8 Å². The van der Waals surface area contributed by atoms with Gasteiger partial charge in [-0.1, -0.05) is 37.1 Å². The summed E-state index contributed by atoms with van der Waals surface area (Å²) in [7, 11) is -2.00. The van der Waals surface area contributed by atoms with E-state index < -0.39 is 7.82 Å². The average molecular weight is 326 g/mol. The number of benzene rings is 1. The van der Waals surface area contributed by atoms with Gasteiger partial charge in [0.05, 0.1) is 13.2 Å². The van der Waals surface area contributed by atoms with Gasteiger partial charge in [0.2, 0.25) is 0 Å². The lowest BCUT2D eigenvalue weighted by atomic mass is 9.91. The minimum atomic E-state index is -3.35. The standard InChI is InChI=1S/C17H27O4P/c1-3-20-22(18,19-2)21-14-8-12-16-11-6-7-13-17(16)15-9-4-5-10-15/h6-7,11,13,15H,3-5,8-10,12,14H2,1-2H3. The SMILES string of the molecule is CCOP(=O)(OC)OCCCc1ccccc1C1CCCC1. The molecule has 1 aliphatic rings. The highest BCUT2D eigenvalue weighted by Gasteiger charge is 2.24. The number of hydrogen-bond donors (Lipinski definition) is 0. The van der Waals surface area contributed by atoms with E-state index in [2.05, 4.69) is 24.3 Å². The van der Waals surface area contributed by atoms with Crippen LogP contribution >= 0.6 is 7.82 Å². The Balaban J connectivity index is 1.85. The van der Waals surface area contributed by atoms with Gasteiger partial charge in [-0.25, -0.2) is 4.57 Å². The zero-order chi connectivity index (χ0) is 15.8. The van der Waals surface area contributed by atoms with Crippen molar-refractivity contribution in [3.05, 3.63) is 35.4 Å². The van der Waals surface area contributed by atoms with Crippen LogP contribution in [0.15, 0.2) is 24.3 Å². The predicted molar refractivity (Wildman–Crippen MR) is 88.2 cm³/mol. The molecule has 1 fully saturated rings. The molecule has 0 spiro atoms. The molecule has 1 aliphatic carbocycles.